The maximum absolute atomic E-state index is 11.0. The standard InChI is InChI=1S/C8H12O/c1-2-4-8(9)7-5-3-6-7/h2,7H,1,3-6H2. The van der Waals surface area contributed by atoms with Crippen molar-refractivity contribution in [1.82, 2.24) is 0 Å². The molecule has 0 aromatic rings. The summed E-state index contributed by atoms with van der Waals surface area (Å²) in [6.45, 7) is 3.52. The summed E-state index contributed by atoms with van der Waals surface area (Å²) in [5.74, 6) is 0.777. The Bertz CT molecular complexity index is 123. The molecule has 1 fully saturated rings. The molecule has 1 heteroatoms. The third-order valence-electron chi connectivity index (χ3n) is 1.91. The monoisotopic (exact) mass is 124 g/mol. The molecule has 1 saturated carbocycles. The van der Waals surface area contributed by atoms with Gasteiger partial charge in [-0.2, -0.15) is 0 Å². The summed E-state index contributed by atoms with van der Waals surface area (Å²) in [6.07, 6.45) is 5.75. The lowest BCUT2D eigenvalue weighted by Gasteiger charge is -2.22. The fourth-order valence-corrected chi connectivity index (χ4v) is 1.04. The number of hydrogen-bond donors (Lipinski definition) is 0. The molecule has 0 heterocycles. The van der Waals surface area contributed by atoms with E-state index in [1.54, 1.807) is 6.08 Å². The molecule has 1 aliphatic carbocycles. The van der Waals surface area contributed by atoms with Crippen molar-refractivity contribution in [1.29, 1.82) is 0 Å². The van der Waals surface area contributed by atoms with Crippen molar-refractivity contribution in [3.05, 3.63) is 12.7 Å². The molecule has 0 N–H and O–H groups in total. The first kappa shape index (κ1) is 6.53. The minimum atomic E-state index is 0.385. The van der Waals surface area contributed by atoms with E-state index in [0.717, 1.165) is 12.8 Å². The molecule has 0 atom stereocenters. The van der Waals surface area contributed by atoms with E-state index in [-0.39, 0.29) is 0 Å². The van der Waals surface area contributed by atoms with Crippen LogP contribution >= 0.6 is 0 Å². The van der Waals surface area contributed by atoms with E-state index in [2.05, 4.69) is 6.58 Å². The molecule has 0 unspecified atom stereocenters. The van der Waals surface area contributed by atoms with Crippen LogP contribution in [0.3, 0.4) is 0 Å². The summed E-state index contributed by atoms with van der Waals surface area (Å²) in [5.41, 5.74) is 0. The fraction of sp³-hybridized carbons (Fsp3) is 0.625. The van der Waals surface area contributed by atoms with Crippen LogP contribution in [-0.2, 0) is 4.79 Å². The van der Waals surface area contributed by atoms with E-state index in [1.807, 2.05) is 0 Å². The van der Waals surface area contributed by atoms with Gasteiger partial charge in [0.15, 0.2) is 0 Å². The molecule has 0 aliphatic heterocycles. The first-order valence-electron chi connectivity index (χ1n) is 3.48. The number of rotatable bonds is 3. The van der Waals surface area contributed by atoms with Gasteiger partial charge in [0.2, 0.25) is 0 Å². The summed E-state index contributed by atoms with van der Waals surface area (Å²) < 4.78 is 0. The minimum absolute atomic E-state index is 0.385. The quantitative estimate of drug-likeness (QED) is 0.525. The highest BCUT2D eigenvalue weighted by Gasteiger charge is 2.23. The zero-order valence-corrected chi connectivity index (χ0v) is 5.60. The summed E-state index contributed by atoms with van der Waals surface area (Å²) in [6, 6.07) is 0. The van der Waals surface area contributed by atoms with Gasteiger partial charge >= 0.3 is 0 Å². The molecule has 0 aromatic carbocycles. The average molecular weight is 124 g/mol. The second-order valence-electron chi connectivity index (χ2n) is 2.59. The van der Waals surface area contributed by atoms with E-state index in [9.17, 15) is 4.79 Å². The molecule has 1 nitrogen and oxygen atoms in total. The third kappa shape index (κ3) is 1.41. The van der Waals surface area contributed by atoms with E-state index < -0.39 is 0 Å². The van der Waals surface area contributed by atoms with Crippen LogP contribution in [0.2, 0.25) is 0 Å². The average Bonchev–Trinajstić information content (AvgIpc) is 1.60. The van der Waals surface area contributed by atoms with E-state index in [0.29, 0.717) is 18.1 Å². The van der Waals surface area contributed by atoms with Gasteiger partial charge in [0.25, 0.3) is 0 Å². The Labute approximate surface area is 55.8 Å². The van der Waals surface area contributed by atoms with Gasteiger partial charge in [-0.3, -0.25) is 4.79 Å². The Balaban J connectivity index is 2.23. The van der Waals surface area contributed by atoms with Crippen LogP contribution < -0.4 is 0 Å². The highest BCUT2D eigenvalue weighted by atomic mass is 16.1. The highest BCUT2D eigenvalue weighted by Crippen LogP contribution is 2.27. The maximum Gasteiger partial charge on any atom is 0.139 e. The van der Waals surface area contributed by atoms with Gasteiger partial charge < -0.3 is 0 Å². The smallest absolute Gasteiger partial charge is 0.139 e. The largest absolute Gasteiger partial charge is 0.299 e. The van der Waals surface area contributed by atoms with Crippen LogP contribution in [0, 0.1) is 5.92 Å². The van der Waals surface area contributed by atoms with Gasteiger partial charge in [0, 0.05) is 12.3 Å². The van der Waals surface area contributed by atoms with Crippen molar-refractivity contribution in [2.45, 2.75) is 25.7 Å². The Morgan fingerprint density at radius 1 is 1.67 bits per heavy atom. The van der Waals surface area contributed by atoms with Crippen molar-refractivity contribution in [3.63, 3.8) is 0 Å². The molecule has 50 valence electrons. The van der Waals surface area contributed by atoms with Crippen LogP contribution in [0.25, 0.3) is 0 Å². The normalized spacial score (nSPS) is 18.7. The van der Waals surface area contributed by atoms with Crippen LogP contribution in [-0.4, -0.2) is 5.78 Å². The Kier molecular flexibility index (Phi) is 2.04. The molecule has 0 saturated heterocycles. The van der Waals surface area contributed by atoms with Crippen LogP contribution in [0.15, 0.2) is 12.7 Å². The lowest BCUT2D eigenvalue weighted by Crippen LogP contribution is -2.20. The molecular weight excluding hydrogens is 112 g/mol. The number of hydrogen-bond acceptors (Lipinski definition) is 1. The van der Waals surface area contributed by atoms with Crippen LogP contribution in [0.4, 0.5) is 0 Å². The summed E-state index contributed by atoms with van der Waals surface area (Å²) in [4.78, 5) is 11.0. The van der Waals surface area contributed by atoms with Gasteiger partial charge in [-0.25, -0.2) is 0 Å². The van der Waals surface area contributed by atoms with Gasteiger partial charge in [-0.15, -0.1) is 6.58 Å². The van der Waals surface area contributed by atoms with Gasteiger partial charge in [-0.1, -0.05) is 12.5 Å². The molecule has 0 bridgehead atoms. The lowest BCUT2D eigenvalue weighted by atomic mass is 9.81. The van der Waals surface area contributed by atoms with Crippen LogP contribution in [0.1, 0.15) is 25.7 Å². The Hall–Kier alpha value is -0.590. The zero-order valence-electron chi connectivity index (χ0n) is 5.60. The molecule has 0 aromatic heterocycles. The number of carbonyl (C=O) groups excluding carboxylic acids is 1. The van der Waals surface area contributed by atoms with Gasteiger partial charge in [-0.05, 0) is 12.8 Å². The second kappa shape index (κ2) is 2.81. The minimum Gasteiger partial charge on any atom is -0.299 e. The molecule has 0 radical (unpaired) electrons. The first-order valence-corrected chi connectivity index (χ1v) is 3.48. The number of allylic oxidation sites excluding steroid dienone is 1. The summed E-state index contributed by atoms with van der Waals surface area (Å²) in [5, 5.41) is 0. The maximum atomic E-state index is 11.0. The molecule has 1 aliphatic rings. The molecule has 0 spiro atoms. The van der Waals surface area contributed by atoms with Gasteiger partial charge in [0.1, 0.15) is 5.78 Å². The van der Waals surface area contributed by atoms with E-state index >= 15 is 0 Å². The SMILES string of the molecule is C=CCC(=O)C1CCC1. The summed E-state index contributed by atoms with van der Waals surface area (Å²) in [7, 11) is 0. The van der Waals surface area contributed by atoms with Crippen molar-refractivity contribution in [2.75, 3.05) is 0 Å². The van der Waals surface area contributed by atoms with Crippen LogP contribution in [0.5, 0.6) is 0 Å². The predicted octanol–water partition coefficient (Wildman–Crippen LogP) is 1.93. The predicted molar refractivity (Wildman–Crippen MR) is 37.2 cm³/mol. The number of ketones is 1. The Morgan fingerprint density at radius 2 is 2.33 bits per heavy atom. The topological polar surface area (TPSA) is 17.1 Å². The molecule has 9 heavy (non-hydrogen) atoms. The molecule has 0 amide bonds. The Morgan fingerprint density at radius 3 is 2.67 bits per heavy atom. The lowest BCUT2D eigenvalue weighted by molar-refractivity contribution is -0.124. The van der Waals surface area contributed by atoms with Crippen molar-refractivity contribution in [3.8, 4) is 0 Å². The molecular formula is C8H12O. The van der Waals surface area contributed by atoms with E-state index in [4.69, 9.17) is 0 Å². The second-order valence-corrected chi connectivity index (χ2v) is 2.59. The molecule has 1 rings (SSSR count). The van der Waals surface area contributed by atoms with Crippen molar-refractivity contribution in [2.24, 2.45) is 5.92 Å². The first-order chi connectivity index (χ1) is 4.34. The summed E-state index contributed by atoms with van der Waals surface area (Å²) >= 11 is 0. The van der Waals surface area contributed by atoms with Crippen molar-refractivity contribution < 1.29 is 4.79 Å². The fourth-order valence-electron chi connectivity index (χ4n) is 1.04. The highest BCUT2D eigenvalue weighted by molar-refractivity contribution is 5.82. The van der Waals surface area contributed by atoms with E-state index in [1.165, 1.54) is 6.42 Å². The number of Topliss-reactive ketones (excluding diaryl/α,β-unsaturated/α-hetero) is 1. The number of carbonyl (C=O) groups is 1. The van der Waals surface area contributed by atoms with Gasteiger partial charge in [0.05, 0.1) is 0 Å². The zero-order chi connectivity index (χ0) is 6.69. The third-order valence-corrected chi connectivity index (χ3v) is 1.91. The van der Waals surface area contributed by atoms with Crippen molar-refractivity contribution >= 4 is 5.78 Å².